The number of halogens is 1. The van der Waals surface area contributed by atoms with Crippen molar-refractivity contribution in [3.8, 4) is 0 Å². The third-order valence-corrected chi connectivity index (χ3v) is 2.49. The van der Waals surface area contributed by atoms with Crippen molar-refractivity contribution in [1.82, 2.24) is 8.75 Å². The third kappa shape index (κ3) is 1.45. The van der Waals surface area contributed by atoms with Crippen LogP contribution in [0.1, 0.15) is 5.69 Å². The Kier molecular flexibility index (Phi) is 2.12. The summed E-state index contributed by atoms with van der Waals surface area (Å²) in [5.41, 5.74) is 0.466. The van der Waals surface area contributed by atoms with Crippen LogP contribution in [-0.2, 0) is 0 Å². The van der Waals surface area contributed by atoms with E-state index in [0.717, 1.165) is 11.7 Å². The highest BCUT2D eigenvalue weighted by atomic mass is 127. The molecule has 0 bridgehead atoms. The lowest BCUT2D eigenvalue weighted by Gasteiger charge is -1.85. The minimum Gasteiger partial charge on any atom is -0.285 e. The summed E-state index contributed by atoms with van der Waals surface area (Å²) in [6.07, 6.45) is 0. The van der Waals surface area contributed by atoms with Gasteiger partial charge in [0, 0.05) is 0 Å². The number of nitrogens with zero attached hydrogens (tertiary/aromatic N) is 2. The predicted molar refractivity (Wildman–Crippen MR) is 43.6 cm³/mol. The van der Waals surface area contributed by atoms with Crippen molar-refractivity contribution < 1.29 is 0 Å². The normalized spacial score (nSPS) is 9.56. The summed E-state index contributed by atoms with van der Waals surface area (Å²) in [5, 5.41) is 0. The fourth-order valence-electron chi connectivity index (χ4n) is 0.350. The lowest BCUT2D eigenvalue weighted by atomic mass is 10.5. The van der Waals surface area contributed by atoms with Crippen LogP contribution in [0, 0.1) is 10.6 Å². The molecule has 3 nitrogen and oxygen atoms in total. The maximum atomic E-state index is 10.8. The van der Waals surface area contributed by atoms with Crippen molar-refractivity contribution >= 4 is 34.3 Å². The summed E-state index contributed by atoms with van der Waals surface area (Å²) >= 11 is 2.96. The smallest absolute Gasteiger partial charge is 0.233 e. The van der Waals surface area contributed by atoms with E-state index in [1.54, 1.807) is 6.92 Å². The average molecular weight is 254 g/mol. The molecule has 0 radical (unpaired) electrons. The third-order valence-electron chi connectivity index (χ3n) is 0.815. The zero-order chi connectivity index (χ0) is 6.85. The number of aromatic nitrogens is 2. The van der Waals surface area contributed by atoms with E-state index in [0.29, 0.717) is 9.39 Å². The second-order valence-electron chi connectivity index (χ2n) is 1.47. The summed E-state index contributed by atoms with van der Waals surface area (Å²) in [5.74, 6) is 0. The van der Waals surface area contributed by atoms with Gasteiger partial charge in [0.25, 0.3) is 0 Å². The van der Waals surface area contributed by atoms with Crippen LogP contribution in [0.15, 0.2) is 4.79 Å². The highest BCUT2D eigenvalue weighted by molar-refractivity contribution is 14.1. The zero-order valence-electron chi connectivity index (χ0n) is 4.59. The van der Waals surface area contributed by atoms with Crippen LogP contribution in [-0.4, -0.2) is 8.75 Å². The molecule has 48 valence electrons. The van der Waals surface area contributed by atoms with Crippen molar-refractivity contribution in [2.75, 3.05) is 0 Å². The molecule has 0 N–H and O–H groups in total. The molecular weight excluding hydrogens is 251 g/mol. The molecule has 0 saturated heterocycles. The molecule has 1 aromatic heterocycles. The SMILES string of the molecule is Cc1nsnc(I)c1=O. The van der Waals surface area contributed by atoms with E-state index in [-0.39, 0.29) is 5.43 Å². The molecule has 1 rings (SSSR count). The fraction of sp³-hybridized carbons (Fsp3) is 0.250. The second kappa shape index (κ2) is 2.70. The van der Waals surface area contributed by atoms with Gasteiger partial charge in [0.15, 0.2) is 3.70 Å². The minimum absolute atomic E-state index is 0.0608. The molecule has 0 unspecified atom stereocenters. The Hall–Kier alpha value is -0.0400. The molecule has 0 amide bonds. The van der Waals surface area contributed by atoms with Gasteiger partial charge in [0.1, 0.15) is 5.69 Å². The van der Waals surface area contributed by atoms with Gasteiger partial charge in [-0.2, -0.15) is 8.75 Å². The van der Waals surface area contributed by atoms with Crippen molar-refractivity contribution in [3.63, 3.8) is 0 Å². The summed E-state index contributed by atoms with van der Waals surface area (Å²) in [7, 11) is 0. The molecule has 0 fully saturated rings. The van der Waals surface area contributed by atoms with E-state index in [2.05, 4.69) is 8.75 Å². The largest absolute Gasteiger partial charge is 0.285 e. The molecule has 5 heteroatoms. The molecule has 0 saturated carbocycles. The van der Waals surface area contributed by atoms with Gasteiger partial charge in [0.2, 0.25) is 5.43 Å². The maximum absolute atomic E-state index is 10.8. The first-order valence-electron chi connectivity index (χ1n) is 2.21. The van der Waals surface area contributed by atoms with Crippen molar-refractivity contribution in [2.24, 2.45) is 0 Å². The van der Waals surface area contributed by atoms with Gasteiger partial charge >= 0.3 is 0 Å². The standard InChI is InChI=1S/C4H3IN2OS/c1-2-3(8)4(5)7-9-6-2/h1H3. The summed E-state index contributed by atoms with van der Waals surface area (Å²) < 4.78 is 8.00. The first kappa shape index (κ1) is 7.07. The van der Waals surface area contributed by atoms with Crippen LogP contribution in [0.4, 0.5) is 0 Å². The monoisotopic (exact) mass is 254 g/mol. The topological polar surface area (TPSA) is 42.9 Å². The maximum Gasteiger partial charge on any atom is 0.233 e. The van der Waals surface area contributed by atoms with Crippen LogP contribution in [0.2, 0.25) is 0 Å². The molecular formula is C4H3IN2OS. The molecule has 0 aliphatic heterocycles. The Bertz CT molecular complexity index is 248. The number of hydrogen-bond donors (Lipinski definition) is 0. The van der Waals surface area contributed by atoms with Crippen molar-refractivity contribution in [1.29, 1.82) is 0 Å². The first-order chi connectivity index (χ1) is 4.22. The van der Waals surface area contributed by atoms with Crippen molar-refractivity contribution in [2.45, 2.75) is 6.92 Å². The molecule has 1 aromatic rings. The molecule has 1 heterocycles. The van der Waals surface area contributed by atoms with E-state index in [9.17, 15) is 4.79 Å². The number of hydrogen-bond acceptors (Lipinski definition) is 4. The van der Waals surface area contributed by atoms with E-state index < -0.39 is 0 Å². The van der Waals surface area contributed by atoms with Gasteiger partial charge in [-0.05, 0) is 29.5 Å². The molecule has 0 atom stereocenters. The number of rotatable bonds is 0. The molecule has 9 heavy (non-hydrogen) atoms. The zero-order valence-corrected chi connectivity index (χ0v) is 7.56. The van der Waals surface area contributed by atoms with Gasteiger partial charge < -0.3 is 0 Å². The lowest BCUT2D eigenvalue weighted by molar-refractivity contribution is 1.19. The lowest BCUT2D eigenvalue weighted by Crippen LogP contribution is -2.10. The molecule has 0 spiro atoms. The Morgan fingerprint density at radius 3 is 2.67 bits per heavy atom. The van der Waals surface area contributed by atoms with Crippen LogP contribution in [0.25, 0.3) is 0 Å². The van der Waals surface area contributed by atoms with Gasteiger partial charge in [-0.15, -0.1) is 0 Å². The predicted octanol–water partition coefficient (Wildman–Crippen LogP) is 0.811. The van der Waals surface area contributed by atoms with E-state index in [1.807, 2.05) is 22.6 Å². The van der Waals surface area contributed by atoms with Crippen LogP contribution in [0.3, 0.4) is 0 Å². The Morgan fingerprint density at radius 2 is 2.22 bits per heavy atom. The van der Waals surface area contributed by atoms with Gasteiger partial charge in [-0.25, -0.2) is 0 Å². The minimum atomic E-state index is -0.0608. The first-order valence-corrected chi connectivity index (χ1v) is 4.01. The summed E-state index contributed by atoms with van der Waals surface area (Å²) in [4.78, 5) is 10.8. The Morgan fingerprint density at radius 1 is 1.56 bits per heavy atom. The van der Waals surface area contributed by atoms with Crippen LogP contribution < -0.4 is 5.43 Å². The molecule has 0 aliphatic carbocycles. The summed E-state index contributed by atoms with van der Waals surface area (Å²) in [6.45, 7) is 1.68. The Labute approximate surface area is 69.6 Å². The van der Waals surface area contributed by atoms with Crippen LogP contribution in [0.5, 0.6) is 0 Å². The summed E-state index contributed by atoms with van der Waals surface area (Å²) in [6, 6.07) is 0. The molecule has 0 aliphatic rings. The highest BCUT2D eigenvalue weighted by Gasteiger charge is 1.98. The second-order valence-corrected chi connectivity index (χ2v) is 3.02. The van der Waals surface area contributed by atoms with Gasteiger partial charge in [-0.1, -0.05) is 0 Å². The Balaban J connectivity index is 3.43. The number of aryl methyl sites for hydroxylation is 1. The highest BCUT2D eigenvalue weighted by Crippen LogP contribution is 1.93. The van der Waals surface area contributed by atoms with E-state index in [4.69, 9.17) is 0 Å². The van der Waals surface area contributed by atoms with Crippen molar-refractivity contribution in [3.05, 3.63) is 19.6 Å². The van der Waals surface area contributed by atoms with Gasteiger partial charge in [0.05, 0.1) is 11.7 Å². The molecule has 0 aromatic carbocycles. The fourth-order valence-corrected chi connectivity index (χ4v) is 1.41. The van der Waals surface area contributed by atoms with Gasteiger partial charge in [-0.3, -0.25) is 4.79 Å². The van der Waals surface area contributed by atoms with E-state index >= 15 is 0 Å². The van der Waals surface area contributed by atoms with E-state index in [1.165, 1.54) is 0 Å². The quantitative estimate of drug-likeness (QED) is 0.643. The van der Waals surface area contributed by atoms with Crippen LogP contribution >= 0.6 is 34.3 Å². The average Bonchev–Trinajstić information content (AvgIpc) is 1.83.